The van der Waals surface area contributed by atoms with Gasteiger partial charge in [0, 0.05) is 0 Å². The second-order valence-electron chi connectivity index (χ2n) is 4.08. The smallest absolute Gasteiger partial charge is 0.339 e. The fourth-order valence-electron chi connectivity index (χ4n) is 1.75. The number of hydrogen-bond donors (Lipinski definition) is 2. The van der Waals surface area contributed by atoms with Crippen LogP contribution in [0.4, 0.5) is 5.69 Å². The number of carbonyl (C=O) groups excluding carboxylic acids is 2. The summed E-state index contributed by atoms with van der Waals surface area (Å²) in [5.41, 5.74) is -0.0426. The highest BCUT2D eigenvalue weighted by molar-refractivity contribution is 8.00. The molecule has 0 aliphatic carbocycles. The van der Waals surface area contributed by atoms with Crippen molar-refractivity contribution in [2.75, 3.05) is 23.5 Å². The molecule has 0 spiro atoms. The van der Waals surface area contributed by atoms with E-state index in [0.717, 1.165) is 0 Å². The van der Waals surface area contributed by atoms with E-state index in [1.54, 1.807) is 6.07 Å². The molecule has 1 fully saturated rings. The van der Waals surface area contributed by atoms with Crippen LogP contribution in [-0.4, -0.2) is 46.0 Å². The number of halogens is 1. The van der Waals surface area contributed by atoms with Gasteiger partial charge in [-0.25, -0.2) is 4.79 Å². The molecular formula is C12H11ClN2O4S. The molecule has 106 valence electrons. The molecule has 2 rings (SSSR count). The van der Waals surface area contributed by atoms with Crippen molar-refractivity contribution in [3.63, 3.8) is 0 Å². The van der Waals surface area contributed by atoms with Crippen molar-refractivity contribution in [3.05, 3.63) is 28.8 Å². The normalized spacial score (nSPS) is 14.4. The Kier molecular flexibility index (Phi) is 4.51. The lowest BCUT2D eigenvalue weighted by Crippen LogP contribution is -2.34. The van der Waals surface area contributed by atoms with Gasteiger partial charge >= 0.3 is 5.97 Å². The van der Waals surface area contributed by atoms with E-state index >= 15 is 0 Å². The molecule has 1 aromatic rings. The Labute approximate surface area is 124 Å². The number of carboxylic acids is 1. The zero-order chi connectivity index (χ0) is 14.7. The first-order valence-electron chi connectivity index (χ1n) is 5.66. The fourth-order valence-corrected chi connectivity index (χ4v) is 2.91. The van der Waals surface area contributed by atoms with Crippen molar-refractivity contribution < 1.29 is 19.5 Å². The van der Waals surface area contributed by atoms with Gasteiger partial charge in [0.25, 0.3) is 0 Å². The summed E-state index contributed by atoms with van der Waals surface area (Å²) in [5.74, 6) is -0.947. The fraction of sp³-hybridized carbons (Fsp3) is 0.250. The number of nitrogens with one attached hydrogen (secondary N) is 1. The molecular weight excluding hydrogens is 304 g/mol. The van der Waals surface area contributed by atoms with Crippen molar-refractivity contribution in [1.82, 2.24) is 4.90 Å². The average Bonchev–Trinajstić information content (AvgIpc) is 2.74. The van der Waals surface area contributed by atoms with Gasteiger partial charge in [-0.1, -0.05) is 17.7 Å². The van der Waals surface area contributed by atoms with Crippen LogP contribution in [0.3, 0.4) is 0 Å². The zero-order valence-corrected chi connectivity index (χ0v) is 11.8. The Bertz CT molecular complexity index is 579. The van der Waals surface area contributed by atoms with E-state index in [4.69, 9.17) is 16.7 Å². The standard InChI is InChI=1S/C12H11ClN2O4S/c13-7-2-1-3-8(11(7)12(18)19)14-9(16)4-15-6-20-5-10(15)17/h1-3H,4-6H2,(H,14,16)(H,18,19). The van der Waals surface area contributed by atoms with Gasteiger partial charge in [0.15, 0.2) is 0 Å². The summed E-state index contributed by atoms with van der Waals surface area (Å²) < 4.78 is 0. The lowest BCUT2D eigenvalue weighted by atomic mass is 10.1. The predicted molar refractivity (Wildman–Crippen MR) is 76.1 cm³/mol. The number of benzene rings is 1. The summed E-state index contributed by atoms with van der Waals surface area (Å²) in [6.07, 6.45) is 0. The third-order valence-electron chi connectivity index (χ3n) is 2.66. The van der Waals surface area contributed by atoms with Gasteiger partial charge in [-0.3, -0.25) is 9.59 Å². The Hall–Kier alpha value is -1.73. The molecule has 1 heterocycles. The summed E-state index contributed by atoms with van der Waals surface area (Å²) in [4.78, 5) is 35.8. The summed E-state index contributed by atoms with van der Waals surface area (Å²) in [5, 5.41) is 11.6. The maximum absolute atomic E-state index is 11.8. The number of carboxylic acid groups (broad SMARTS) is 1. The third kappa shape index (κ3) is 3.23. The van der Waals surface area contributed by atoms with E-state index in [2.05, 4.69) is 5.32 Å². The van der Waals surface area contributed by atoms with Gasteiger partial charge in [0.1, 0.15) is 12.1 Å². The second-order valence-corrected chi connectivity index (χ2v) is 5.45. The number of rotatable bonds is 4. The lowest BCUT2D eigenvalue weighted by Gasteiger charge is -2.15. The molecule has 1 saturated heterocycles. The van der Waals surface area contributed by atoms with Gasteiger partial charge in [0.2, 0.25) is 11.8 Å². The van der Waals surface area contributed by atoms with Crippen molar-refractivity contribution in [2.45, 2.75) is 0 Å². The highest BCUT2D eigenvalue weighted by atomic mass is 35.5. The number of thioether (sulfide) groups is 1. The van der Waals surface area contributed by atoms with Gasteiger partial charge in [-0.05, 0) is 12.1 Å². The van der Waals surface area contributed by atoms with E-state index in [9.17, 15) is 14.4 Å². The average molecular weight is 315 g/mol. The molecule has 0 atom stereocenters. The molecule has 0 bridgehead atoms. The molecule has 1 aliphatic rings. The lowest BCUT2D eigenvalue weighted by molar-refractivity contribution is -0.130. The van der Waals surface area contributed by atoms with E-state index in [1.165, 1.54) is 28.8 Å². The Morgan fingerprint density at radius 1 is 1.45 bits per heavy atom. The van der Waals surface area contributed by atoms with Gasteiger partial charge in [-0.15, -0.1) is 11.8 Å². The van der Waals surface area contributed by atoms with E-state index < -0.39 is 11.9 Å². The molecule has 0 saturated carbocycles. The van der Waals surface area contributed by atoms with Crippen LogP contribution in [0.1, 0.15) is 10.4 Å². The Morgan fingerprint density at radius 2 is 2.20 bits per heavy atom. The summed E-state index contributed by atoms with van der Waals surface area (Å²) >= 11 is 7.23. The van der Waals surface area contributed by atoms with E-state index in [0.29, 0.717) is 11.6 Å². The van der Waals surface area contributed by atoms with Crippen molar-refractivity contribution in [3.8, 4) is 0 Å². The number of carbonyl (C=O) groups is 3. The number of aromatic carboxylic acids is 1. The zero-order valence-electron chi connectivity index (χ0n) is 10.3. The van der Waals surface area contributed by atoms with Gasteiger partial charge < -0.3 is 15.3 Å². The van der Waals surface area contributed by atoms with Crippen LogP contribution in [0, 0.1) is 0 Å². The quantitative estimate of drug-likeness (QED) is 0.879. The monoisotopic (exact) mass is 314 g/mol. The maximum Gasteiger partial charge on any atom is 0.339 e. The molecule has 2 amide bonds. The number of nitrogens with zero attached hydrogens (tertiary/aromatic N) is 1. The summed E-state index contributed by atoms with van der Waals surface area (Å²) in [7, 11) is 0. The minimum Gasteiger partial charge on any atom is -0.478 e. The first kappa shape index (κ1) is 14.7. The number of anilines is 1. The highest BCUT2D eigenvalue weighted by Gasteiger charge is 2.24. The van der Waals surface area contributed by atoms with Crippen molar-refractivity contribution in [1.29, 1.82) is 0 Å². The summed E-state index contributed by atoms with van der Waals surface area (Å²) in [6, 6.07) is 4.43. The predicted octanol–water partition coefficient (Wildman–Crippen LogP) is 1.51. The highest BCUT2D eigenvalue weighted by Crippen LogP contribution is 2.24. The Morgan fingerprint density at radius 3 is 2.80 bits per heavy atom. The second kappa shape index (κ2) is 6.15. The first-order valence-corrected chi connectivity index (χ1v) is 7.19. The molecule has 20 heavy (non-hydrogen) atoms. The minimum atomic E-state index is -1.22. The molecule has 0 radical (unpaired) electrons. The molecule has 6 nitrogen and oxygen atoms in total. The van der Waals surface area contributed by atoms with Gasteiger partial charge in [-0.2, -0.15) is 0 Å². The SMILES string of the molecule is O=C(CN1CSCC1=O)Nc1cccc(Cl)c1C(=O)O. The molecule has 2 N–H and O–H groups in total. The largest absolute Gasteiger partial charge is 0.478 e. The molecule has 0 unspecified atom stereocenters. The molecule has 1 aliphatic heterocycles. The third-order valence-corrected chi connectivity index (χ3v) is 3.92. The van der Waals surface area contributed by atoms with Crippen LogP contribution in [-0.2, 0) is 9.59 Å². The molecule has 8 heteroatoms. The van der Waals surface area contributed by atoms with E-state index in [1.807, 2.05) is 0 Å². The molecule has 1 aromatic carbocycles. The summed E-state index contributed by atoms with van der Waals surface area (Å²) in [6.45, 7) is -0.0998. The van der Waals surface area contributed by atoms with Crippen molar-refractivity contribution >= 4 is 46.8 Å². The van der Waals surface area contributed by atoms with Crippen LogP contribution < -0.4 is 5.32 Å². The Balaban J connectivity index is 2.10. The topological polar surface area (TPSA) is 86.7 Å². The number of hydrogen-bond acceptors (Lipinski definition) is 4. The van der Waals surface area contributed by atoms with Crippen LogP contribution in [0.2, 0.25) is 5.02 Å². The van der Waals surface area contributed by atoms with Crippen LogP contribution in [0.25, 0.3) is 0 Å². The van der Waals surface area contributed by atoms with Crippen molar-refractivity contribution in [2.24, 2.45) is 0 Å². The van der Waals surface area contributed by atoms with E-state index in [-0.39, 0.29) is 28.7 Å². The molecule has 0 aromatic heterocycles. The van der Waals surface area contributed by atoms with Crippen LogP contribution in [0.5, 0.6) is 0 Å². The maximum atomic E-state index is 11.8. The van der Waals surface area contributed by atoms with Gasteiger partial charge in [0.05, 0.1) is 22.3 Å². The minimum absolute atomic E-state index is 0.0445. The first-order chi connectivity index (χ1) is 9.49. The van der Waals surface area contributed by atoms with Crippen LogP contribution >= 0.6 is 23.4 Å². The number of amides is 2. The van der Waals surface area contributed by atoms with Crippen LogP contribution in [0.15, 0.2) is 18.2 Å².